The lowest BCUT2D eigenvalue weighted by Crippen LogP contribution is -2.00. The van der Waals surface area contributed by atoms with Gasteiger partial charge in [-0.05, 0) is 25.8 Å². The summed E-state index contributed by atoms with van der Waals surface area (Å²) in [5, 5.41) is 0. The Morgan fingerprint density at radius 2 is 1.50 bits per heavy atom. The molecular formula is C17H32O3. The van der Waals surface area contributed by atoms with Gasteiger partial charge in [0, 0.05) is 6.61 Å². The maximum absolute atomic E-state index is 10.7. The predicted octanol–water partition coefficient (Wildman–Crippen LogP) is 5.00. The van der Waals surface area contributed by atoms with Crippen LogP contribution in [-0.4, -0.2) is 19.7 Å². The van der Waals surface area contributed by atoms with Crippen LogP contribution in [0.25, 0.3) is 0 Å². The lowest BCUT2D eigenvalue weighted by molar-refractivity contribution is -0.110. The molecular weight excluding hydrogens is 252 g/mol. The lowest BCUT2D eigenvalue weighted by atomic mass is 10.1. The zero-order valence-electron chi connectivity index (χ0n) is 13.4. The van der Waals surface area contributed by atoms with Crippen molar-refractivity contribution in [1.29, 1.82) is 0 Å². The normalized spacial score (nSPS) is 11.6. The van der Waals surface area contributed by atoms with Gasteiger partial charge in [0.2, 0.25) is 0 Å². The van der Waals surface area contributed by atoms with Crippen molar-refractivity contribution in [2.24, 2.45) is 0 Å². The Morgan fingerprint density at radius 1 is 0.900 bits per heavy atom. The van der Waals surface area contributed by atoms with Crippen LogP contribution in [0.15, 0.2) is 11.8 Å². The van der Waals surface area contributed by atoms with Gasteiger partial charge < -0.3 is 9.47 Å². The Hall–Kier alpha value is -0.830. The summed E-state index contributed by atoms with van der Waals surface area (Å²) in [6.07, 6.45) is 15.4. The van der Waals surface area contributed by atoms with Crippen molar-refractivity contribution < 1.29 is 14.3 Å². The highest BCUT2D eigenvalue weighted by Crippen LogP contribution is 2.11. The highest BCUT2D eigenvalue weighted by atomic mass is 16.7. The summed E-state index contributed by atoms with van der Waals surface area (Å²) in [6.45, 7) is 4.92. The van der Waals surface area contributed by atoms with Crippen LogP contribution in [0.1, 0.15) is 78.1 Å². The largest absolute Gasteiger partial charge is 0.464 e. The fourth-order valence-corrected chi connectivity index (χ4v) is 2.03. The molecule has 0 atom stereocenters. The number of carbonyl (C=O) groups excluding carboxylic acids is 1. The van der Waals surface area contributed by atoms with E-state index in [2.05, 4.69) is 6.92 Å². The van der Waals surface area contributed by atoms with Crippen LogP contribution in [-0.2, 0) is 14.3 Å². The molecule has 20 heavy (non-hydrogen) atoms. The van der Waals surface area contributed by atoms with E-state index in [1.54, 1.807) is 0 Å². The molecule has 0 saturated carbocycles. The minimum absolute atomic E-state index is 0.166. The molecule has 118 valence electrons. The van der Waals surface area contributed by atoms with Gasteiger partial charge in [-0.2, -0.15) is 0 Å². The van der Waals surface area contributed by atoms with Crippen molar-refractivity contribution in [2.75, 3.05) is 13.4 Å². The molecule has 0 aliphatic carbocycles. The molecule has 3 heteroatoms. The highest BCUT2D eigenvalue weighted by molar-refractivity contribution is 5.69. The Bertz CT molecular complexity index is 236. The van der Waals surface area contributed by atoms with E-state index in [0.29, 0.717) is 12.4 Å². The fourth-order valence-electron chi connectivity index (χ4n) is 2.03. The van der Waals surface area contributed by atoms with Gasteiger partial charge in [-0.3, -0.25) is 4.79 Å². The van der Waals surface area contributed by atoms with E-state index in [-0.39, 0.29) is 6.79 Å². The van der Waals surface area contributed by atoms with Gasteiger partial charge in [-0.15, -0.1) is 0 Å². The van der Waals surface area contributed by atoms with Crippen molar-refractivity contribution in [1.82, 2.24) is 0 Å². The average Bonchev–Trinajstić information content (AvgIpc) is 2.47. The third kappa shape index (κ3) is 13.6. The third-order valence-corrected chi connectivity index (χ3v) is 3.28. The molecule has 0 spiro atoms. The van der Waals surface area contributed by atoms with Gasteiger partial charge >= 0.3 is 0 Å². The van der Waals surface area contributed by atoms with E-state index in [1.165, 1.54) is 51.4 Å². The second kappa shape index (κ2) is 16.2. The first kappa shape index (κ1) is 19.2. The van der Waals surface area contributed by atoms with E-state index in [0.717, 1.165) is 19.1 Å². The Balaban J connectivity index is 3.37. The van der Waals surface area contributed by atoms with E-state index in [4.69, 9.17) is 9.47 Å². The zero-order chi connectivity index (χ0) is 14.9. The first-order valence-corrected chi connectivity index (χ1v) is 8.21. The summed E-state index contributed by atoms with van der Waals surface area (Å²) in [5.41, 5.74) is 0. The van der Waals surface area contributed by atoms with Gasteiger partial charge in [0.1, 0.15) is 0 Å². The van der Waals surface area contributed by atoms with Crippen LogP contribution in [0.5, 0.6) is 0 Å². The maximum atomic E-state index is 10.7. The molecule has 0 aromatic carbocycles. The number of carbonyl (C=O) groups is 1. The topological polar surface area (TPSA) is 35.5 Å². The van der Waals surface area contributed by atoms with Gasteiger partial charge in [-0.25, -0.2) is 0 Å². The van der Waals surface area contributed by atoms with E-state index < -0.39 is 0 Å². The Morgan fingerprint density at radius 3 is 2.05 bits per heavy atom. The minimum atomic E-state index is 0.166. The van der Waals surface area contributed by atoms with Gasteiger partial charge in [0.05, 0.1) is 0 Å². The summed E-state index contributed by atoms with van der Waals surface area (Å²) >= 11 is 0. The molecule has 0 unspecified atom stereocenters. The standard InChI is InChI=1S/C17H32O3/c1-3-5-6-7-8-9-10-11-12-13-14-17(15-18)20-16-19-4-2/h14-15H,3-13,16H2,1-2H3/b17-14+. The third-order valence-electron chi connectivity index (χ3n) is 3.28. The Kier molecular flexibility index (Phi) is 15.6. The molecule has 0 fully saturated rings. The molecule has 0 radical (unpaired) electrons. The summed E-state index contributed by atoms with van der Waals surface area (Å²) in [5.74, 6) is 0.401. The SMILES string of the molecule is CCCCCCCCCCC/C=C(\C=O)OCOCC. The first-order chi connectivity index (χ1) is 9.85. The van der Waals surface area contributed by atoms with Crippen LogP contribution in [0.4, 0.5) is 0 Å². The molecule has 0 aromatic heterocycles. The molecule has 3 nitrogen and oxygen atoms in total. The van der Waals surface area contributed by atoms with Crippen LogP contribution in [0.2, 0.25) is 0 Å². The van der Waals surface area contributed by atoms with Crippen molar-refractivity contribution in [2.45, 2.75) is 78.1 Å². The van der Waals surface area contributed by atoms with Crippen LogP contribution < -0.4 is 0 Å². The summed E-state index contributed by atoms with van der Waals surface area (Å²) < 4.78 is 10.2. The van der Waals surface area contributed by atoms with Gasteiger partial charge in [0.25, 0.3) is 0 Å². The molecule has 0 saturated heterocycles. The van der Waals surface area contributed by atoms with Crippen molar-refractivity contribution in [3.63, 3.8) is 0 Å². The van der Waals surface area contributed by atoms with Crippen LogP contribution in [0.3, 0.4) is 0 Å². The Labute approximate surface area is 124 Å². The second-order valence-corrected chi connectivity index (χ2v) is 5.10. The zero-order valence-corrected chi connectivity index (χ0v) is 13.4. The van der Waals surface area contributed by atoms with E-state index >= 15 is 0 Å². The monoisotopic (exact) mass is 284 g/mol. The smallest absolute Gasteiger partial charge is 0.189 e. The van der Waals surface area contributed by atoms with Crippen molar-refractivity contribution in [3.8, 4) is 0 Å². The molecule has 0 heterocycles. The van der Waals surface area contributed by atoms with Crippen molar-refractivity contribution >= 4 is 6.29 Å². The number of aldehydes is 1. The number of unbranched alkanes of at least 4 members (excludes halogenated alkanes) is 9. The van der Waals surface area contributed by atoms with Gasteiger partial charge in [-0.1, -0.05) is 58.3 Å². The number of rotatable bonds is 15. The highest BCUT2D eigenvalue weighted by Gasteiger charge is 1.96. The summed E-state index contributed by atoms with van der Waals surface area (Å²) in [7, 11) is 0. The molecule has 0 N–H and O–H groups in total. The molecule has 0 amide bonds. The number of hydrogen-bond acceptors (Lipinski definition) is 3. The molecule has 0 aliphatic rings. The average molecular weight is 284 g/mol. The lowest BCUT2D eigenvalue weighted by Gasteiger charge is -2.04. The summed E-state index contributed by atoms with van der Waals surface area (Å²) in [6, 6.07) is 0. The molecule has 0 bridgehead atoms. The predicted molar refractivity (Wildman–Crippen MR) is 83.6 cm³/mol. The molecule has 0 aliphatic heterocycles. The van der Waals surface area contributed by atoms with Gasteiger partial charge in [0.15, 0.2) is 18.8 Å². The number of hydrogen-bond donors (Lipinski definition) is 0. The first-order valence-electron chi connectivity index (χ1n) is 8.21. The van der Waals surface area contributed by atoms with E-state index in [9.17, 15) is 4.79 Å². The van der Waals surface area contributed by atoms with Crippen LogP contribution in [0, 0.1) is 0 Å². The second-order valence-electron chi connectivity index (χ2n) is 5.10. The molecule has 0 rings (SSSR count). The van der Waals surface area contributed by atoms with E-state index in [1.807, 2.05) is 13.0 Å². The summed E-state index contributed by atoms with van der Waals surface area (Å²) in [4.78, 5) is 10.7. The number of allylic oxidation sites excluding steroid dienone is 2. The maximum Gasteiger partial charge on any atom is 0.189 e. The van der Waals surface area contributed by atoms with Crippen molar-refractivity contribution in [3.05, 3.63) is 11.8 Å². The quantitative estimate of drug-likeness (QED) is 0.139. The number of ether oxygens (including phenoxy) is 2. The minimum Gasteiger partial charge on any atom is -0.464 e. The van der Waals surface area contributed by atoms with Crippen LogP contribution >= 0.6 is 0 Å². The molecule has 0 aromatic rings. The fraction of sp³-hybridized carbons (Fsp3) is 0.824.